The van der Waals surface area contributed by atoms with Gasteiger partial charge in [0.1, 0.15) is 0 Å². The average molecular weight is 316 g/mol. The molecule has 108 valence electrons. The number of benzene rings is 1. The zero-order chi connectivity index (χ0) is 14.8. The van der Waals surface area contributed by atoms with Gasteiger partial charge in [-0.1, -0.05) is 36.0 Å². The van der Waals surface area contributed by atoms with Gasteiger partial charge in [-0.15, -0.1) is 21.5 Å². The molecular weight excluding hydrogens is 300 g/mol. The first-order valence-electron chi connectivity index (χ1n) is 6.64. The molecule has 4 nitrogen and oxygen atoms in total. The molecule has 0 saturated heterocycles. The number of rotatable bonds is 4. The van der Waals surface area contributed by atoms with E-state index in [1.54, 1.807) is 23.1 Å². The second-order valence-corrected chi connectivity index (χ2v) is 6.83. The molecule has 0 fully saturated rings. The van der Waals surface area contributed by atoms with E-state index in [1.165, 1.54) is 5.56 Å². The van der Waals surface area contributed by atoms with Gasteiger partial charge in [-0.05, 0) is 19.4 Å². The van der Waals surface area contributed by atoms with Crippen LogP contribution in [-0.4, -0.2) is 19.7 Å². The van der Waals surface area contributed by atoms with Gasteiger partial charge in [-0.25, -0.2) is 4.98 Å². The molecule has 0 atom stereocenters. The lowest BCUT2D eigenvalue weighted by Gasteiger charge is -2.05. The lowest BCUT2D eigenvalue weighted by Crippen LogP contribution is -1.96. The highest BCUT2D eigenvalue weighted by Gasteiger charge is 2.13. The summed E-state index contributed by atoms with van der Waals surface area (Å²) in [5.74, 6) is 1.73. The fourth-order valence-corrected chi connectivity index (χ4v) is 3.63. The van der Waals surface area contributed by atoms with Crippen molar-refractivity contribution in [1.29, 1.82) is 0 Å². The van der Waals surface area contributed by atoms with E-state index >= 15 is 0 Å². The van der Waals surface area contributed by atoms with Gasteiger partial charge in [0.2, 0.25) is 0 Å². The van der Waals surface area contributed by atoms with E-state index in [2.05, 4.69) is 39.6 Å². The number of nitrogens with zero attached hydrogens (tertiary/aromatic N) is 4. The first kappa shape index (κ1) is 14.3. The predicted molar refractivity (Wildman–Crippen MR) is 87.6 cm³/mol. The lowest BCUT2D eigenvalue weighted by atomic mass is 10.1. The molecule has 0 aliphatic rings. The van der Waals surface area contributed by atoms with E-state index in [4.69, 9.17) is 0 Å². The van der Waals surface area contributed by atoms with Gasteiger partial charge in [0.15, 0.2) is 11.0 Å². The molecule has 3 rings (SSSR count). The lowest BCUT2D eigenvalue weighted by molar-refractivity contribution is 0.793. The Hall–Kier alpha value is -1.66. The highest BCUT2D eigenvalue weighted by Crippen LogP contribution is 2.27. The first-order chi connectivity index (χ1) is 10.1. The van der Waals surface area contributed by atoms with Crippen molar-refractivity contribution in [2.24, 2.45) is 7.05 Å². The van der Waals surface area contributed by atoms with Crippen LogP contribution < -0.4 is 0 Å². The molecule has 0 bridgehead atoms. The third-order valence-corrected chi connectivity index (χ3v) is 5.11. The standard InChI is InChI=1S/C15H16N4S2/c1-10-6-4-5-7-13(10)14-17-18-15(19(14)3)21-9-12-8-20-11(2)16-12/h4-8H,9H2,1-3H3. The molecular formula is C15H16N4S2. The third kappa shape index (κ3) is 3.01. The predicted octanol–water partition coefficient (Wildman–Crippen LogP) is 3.85. The summed E-state index contributed by atoms with van der Waals surface area (Å²) in [5.41, 5.74) is 3.44. The summed E-state index contributed by atoms with van der Waals surface area (Å²) < 4.78 is 2.05. The first-order valence-corrected chi connectivity index (χ1v) is 8.51. The molecule has 0 amide bonds. The Bertz CT molecular complexity index is 761. The number of hydrogen-bond donors (Lipinski definition) is 0. The van der Waals surface area contributed by atoms with Crippen LogP contribution in [0.2, 0.25) is 0 Å². The Kier molecular flexibility index (Phi) is 4.07. The van der Waals surface area contributed by atoms with Gasteiger partial charge in [0.25, 0.3) is 0 Å². The van der Waals surface area contributed by atoms with E-state index < -0.39 is 0 Å². The third-order valence-electron chi connectivity index (χ3n) is 3.24. The van der Waals surface area contributed by atoms with Crippen molar-refractivity contribution in [3.63, 3.8) is 0 Å². The van der Waals surface area contributed by atoms with Gasteiger partial charge in [-0.2, -0.15) is 0 Å². The van der Waals surface area contributed by atoms with Crippen molar-refractivity contribution in [2.75, 3.05) is 0 Å². The van der Waals surface area contributed by atoms with Crippen LogP contribution in [0.25, 0.3) is 11.4 Å². The largest absolute Gasteiger partial charge is 0.305 e. The van der Waals surface area contributed by atoms with Crippen LogP contribution in [0, 0.1) is 13.8 Å². The minimum Gasteiger partial charge on any atom is -0.305 e. The van der Waals surface area contributed by atoms with Crippen molar-refractivity contribution < 1.29 is 0 Å². The van der Waals surface area contributed by atoms with Crippen LogP contribution >= 0.6 is 23.1 Å². The fraction of sp³-hybridized carbons (Fsp3) is 0.267. The topological polar surface area (TPSA) is 43.6 Å². The number of hydrogen-bond acceptors (Lipinski definition) is 5. The minimum absolute atomic E-state index is 0.823. The zero-order valence-electron chi connectivity index (χ0n) is 12.2. The van der Waals surface area contributed by atoms with Gasteiger partial charge in [-0.3, -0.25) is 0 Å². The smallest absolute Gasteiger partial charge is 0.191 e. The maximum atomic E-state index is 4.47. The van der Waals surface area contributed by atoms with Crippen molar-refractivity contribution >= 4 is 23.1 Å². The van der Waals surface area contributed by atoms with Gasteiger partial charge in [0, 0.05) is 23.7 Å². The number of aryl methyl sites for hydroxylation is 2. The van der Waals surface area contributed by atoms with Crippen LogP contribution in [-0.2, 0) is 12.8 Å². The maximum Gasteiger partial charge on any atom is 0.191 e. The summed E-state index contributed by atoms with van der Waals surface area (Å²) in [5, 5.41) is 12.8. The normalized spacial score (nSPS) is 11.0. The molecule has 0 unspecified atom stereocenters. The van der Waals surface area contributed by atoms with Crippen LogP contribution in [0.3, 0.4) is 0 Å². The van der Waals surface area contributed by atoms with Crippen LogP contribution in [0.15, 0.2) is 34.8 Å². The zero-order valence-corrected chi connectivity index (χ0v) is 13.8. The van der Waals surface area contributed by atoms with Crippen molar-refractivity contribution in [3.8, 4) is 11.4 Å². The summed E-state index contributed by atoms with van der Waals surface area (Å²) in [6.07, 6.45) is 0. The maximum absolute atomic E-state index is 4.47. The molecule has 0 radical (unpaired) electrons. The average Bonchev–Trinajstić information content (AvgIpc) is 3.04. The summed E-state index contributed by atoms with van der Waals surface area (Å²) in [6, 6.07) is 8.24. The molecule has 0 saturated carbocycles. The molecule has 2 heterocycles. The van der Waals surface area contributed by atoms with Crippen molar-refractivity contribution in [3.05, 3.63) is 45.9 Å². The molecule has 21 heavy (non-hydrogen) atoms. The van der Waals surface area contributed by atoms with Crippen LogP contribution in [0.4, 0.5) is 0 Å². The monoisotopic (exact) mass is 316 g/mol. The van der Waals surface area contributed by atoms with E-state index in [9.17, 15) is 0 Å². The van der Waals surface area contributed by atoms with E-state index in [0.29, 0.717) is 0 Å². The fourth-order valence-electron chi connectivity index (χ4n) is 2.11. The minimum atomic E-state index is 0.823. The summed E-state index contributed by atoms with van der Waals surface area (Å²) in [6.45, 7) is 4.12. The number of thiazole rings is 1. The SMILES string of the molecule is Cc1nc(CSc2nnc(-c3ccccc3C)n2C)cs1. The molecule has 1 aromatic carbocycles. The highest BCUT2D eigenvalue weighted by molar-refractivity contribution is 7.98. The van der Waals surface area contributed by atoms with Crippen LogP contribution in [0.1, 0.15) is 16.3 Å². The molecule has 2 aromatic heterocycles. The summed E-state index contributed by atoms with van der Waals surface area (Å²) in [4.78, 5) is 4.47. The second-order valence-electron chi connectivity index (χ2n) is 4.83. The summed E-state index contributed by atoms with van der Waals surface area (Å²) >= 11 is 3.35. The Morgan fingerprint density at radius 1 is 1.19 bits per heavy atom. The molecule has 0 aliphatic carbocycles. The van der Waals surface area contributed by atoms with Crippen LogP contribution in [0.5, 0.6) is 0 Å². The van der Waals surface area contributed by atoms with Gasteiger partial charge < -0.3 is 4.57 Å². The van der Waals surface area contributed by atoms with Crippen molar-refractivity contribution in [2.45, 2.75) is 24.8 Å². The summed E-state index contributed by atoms with van der Waals surface area (Å²) in [7, 11) is 2.01. The number of aromatic nitrogens is 4. The molecule has 0 spiro atoms. The molecule has 0 N–H and O–H groups in total. The quantitative estimate of drug-likeness (QED) is 0.686. The Morgan fingerprint density at radius 2 is 2.00 bits per heavy atom. The molecule has 0 aliphatic heterocycles. The molecule has 6 heteroatoms. The van der Waals surface area contributed by atoms with Gasteiger partial charge in [0.05, 0.1) is 10.7 Å². The van der Waals surface area contributed by atoms with Gasteiger partial charge >= 0.3 is 0 Å². The highest BCUT2D eigenvalue weighted by atomic mass is 32.2. The second kappa shape index (κ2) is 5.99. The Labute approximate surface area is 132 Å². The van der Waals surface area contributed by atoms with E-state index in [1.807, 2.05) is 30.7 Å². The van der Waals surface area contributed by atoms with E-state index in [0.717, 1.165) is 33.0 Å². The van der Waals surface area contributed by atoms with Crippen molar-refractivity contribution in [1.82, 2.24) is 19.7 Å². The Balaban J connectivity index is 1.81. The van der Waals surface area contributed by atoms with E-state index in [-0.39, 0.29) is 0 Å². The molecule has 3 aromatic rings. The Morgan fingerprint density at radius 3 is 2.71 bits per heavy atom. The number of thioether (sulfide) groups is 1.